The number of likely N-dealkylation sites (tertiary alicyclic amines) is 1. The Labute approximate surface area is 191 Å². The van der Waals surface area contributed by atoms with E-state index in [-0.39, 0.29) is 36.3 Å². The van der Waals surface area contributed by atoms with E-state index in [0.717, 1.165) is 63.1 Å². The van der Waals surface area contributed by atoms with Crippen LogP contribution in [0.1, 0.15) is 19.8 Å². The highest BCUT2D eigenvalue weighted by molar-refractivity contribution is 14.0. The van der Waals surface area contributed by atoms with Crippen LogP contribution in [0.3, 0.4) is 0 Å². The lowest BCUT2D eigenvalue weighted by molar-refractivity contribution is 0.128. The van der Waals surface area contributed by atoms with Crippen molar-refractivity contribution < 1.29 is 13.2 Å². The summed E-state index contributed by atoms with van der Waals surface area (Å²) in [5.41, 5.74) is 0. The highest BCUT2D eigenvalue weighted by Crippen LogP contribution is 2.13. The molecule has 0 atom stereocenters. The van der Waals surface area contributed by atoms with Gasteiger partial charge in [-0.15, -0.1) is 24.0 Å². The van der Waals surface area contributed by atoms with Gasteiger partial charge in [0.2, 0.25) is 10.0 Å². The molecule has 0 aliphatic carbocycles. The van der Waals surface area contributed by atoms with Gasteiger partial charge in [-0.25, -0.2) is 12.7 Å². The Hall–Kier alpha value is 0.180. The number of nitrogens with one attached hydrogen (secondary N) is 2. The summed E-state index contributed by atoms with van der Waals surface area (Å²) in [5, 5.41) is 6.70. The molecule has 2 heterocycles. The van der Waals surface area contributed by atoms with Crippen molar-refractivity contribution in [1.82, 2.24) is 19.8 Å². The van der Waals surface area contributed by atoms with Gasteiger partial charge in [-0.1, -0.05) is 0 Å². The maximum absolute atomic E-state index is 12.4. The average molecular weight is 550 g/mol. The lowest BCUT2D eigenvalue weighted by Crippen LogP contribution is -2.49. The van der Waals surface area contributed by atoms with Crippen molar-refractivity contribution in [2.45, 2.75) is 25.8 Å². The molecule has 0 aromatic heterocycles. The second kappa shape index (κ2) is 14.2. The molecule has 2 aliphatic heterocycles. The Balaban J connectivity index is 0.00000392. The molecule has 0 radical (unpaired) electrons. The van der Waals surface area contributed by atoms with Crippen LogP contribution in [0.25, 0.3) is 0 Å². The molecule has 0 aromatic carbocycles. The van der Waals surface area contributed by atoms with Gasteiger partial charge in [0.25, 0.3) is 0 Å². The number of aliphatic imine (C=N–C) groups is 1. The van der Waals surface area contributed by atoms with Crippen LogP contribution in [0, 0.1) is 0 Å². The predicted octanol–water partition coefficient (Wildman–Crippen LogP) is 0.649. The van der Waals surface area contributed by atoms with E-state index in [1.165, 1.54) is 0 Å². The van der Waals surface area contributed by atoms with E-state index in [1.807, 2.05) is 18.7 Å². The number of rotatable bonds is 9. The van der Waals surface area contributed by atoms with Crippen LogP contribution in [0.5, 0.6) is 0 Å². The third kappa shape index (κ3) is 9.33. The van der Waals surface area contributed by atoms with Gasteiger partial charge >= 0.3 is 0 Å². The maximum atomic E-state index is 12.4. The minimum absolute atomic E-state index is 0. The number of hydrogen-bond donors (Lipinski definition) is 2. The first kappa shape index (κ1) is 26.2. The van der Waals surface area contributed by atoms with Crippen molar-refractivity contribution in [3.05, 3.63) is 0 Å². The molecule has 0 unspecified atom stereocenters. The molecule has 0 saturated carbocycles. The van der Waals surface area contributed by atoms with E-state index in [4.69, 9.17) is 4.74 Å². The maximum Gasteiger partial charge on any atom is 0.215 e. The first-order chi connectivity index (χ1) is 13.0. The Kier molecular flexibility index (Phi) is 13.3. The Morgan fingerprint density at radius 3 is 2.50 bits per heavy atom. The fourth-order valence-electron chi connectivity index (χ4n) is 3.26. The number of halogens is 1. The van der Waals surface area contributed by atoms with Crippen LogP contribution in [-0.4, -0.2) is 106 Å². The second-order valence-corrected chi connectivity index (χ2v) is 10.2. The van der Waals surface area contributed by atoms with Gasteiger partial charge in [-0.05, 0) is 19.8 Å². The van der Waals surface area contributed by atoms with Gasteiger partial charge in [0.1, 0.15) is 0 Å². The van der Waals surface area contributed by atoms with E-state index >= 15 is 0 Å². The summed E-state index contributed by atoms with van der Waals surface area (Å²) in [6.45, 7) is 8.14. The van der Waals surface area contributed by atoms with Crippen LogP contribution >= 0.6 is 35.7 Å². The Morgan fingerprint density at radius 1 is 1.21 bits per heavy atom. The molecule has 2 saturated heterocycles. The van der Waals surface area contributed by atoms with Gasteiger partial charge < -0.3 is 20.3 Å². The molecule has 166 valence electrons. The van der Waals surface area contributed by atoms with Crippen LogP contribution < -0.4 is 10.6 Å². The van der Waals surface area contributed by atoms with Crippen molar-refractivity contribution in [3.63, 3.8) is 0 Å². The molecule has 0 spiro atoms. The number of thioether (sulfide) groups is 1. The SMILES string of the molecule is CCNC(=NCCS(=O)(=O)N1CCSCC1)NC1CCN(CCOC)CC1.I. The van der Waals surface area contributed by atoms with Crippen molar-refractivity contribution >= 4 is 51.7 Å². The number of hydrogen-bond acceptors (Lipinski definition) is 6. The topological polar surface area (TPSA) is 86.3 Å². The van der Waals surface area contributed by atoms with Crippen molar-refractivity contribution in [2.24, 2.45) is 4.99 Å². The lowest BCUT2D eigenvalue weighted by Gasteiger charge is -2.32. The zero-order valence-corrected chi connectivity index (χ0v) is 21.0. The van der Waals surface area contributed by atoms with Gasteiger partial charge in [0.05, 0.1) is 18.9 Å². The predicted molar refractivity (Wildman–Crippen MR) is 129 cm³/mol. The molecule has 0 bridgehead atoms. The van der Waals surface area contributed by atoms with Gasteiger partial charge in [-0.2, -0.15) is 11.8 Å². The standard InChI is InChI=1S/C17H35N5O3S2.HI/c1-3-18-17(20-16-4-7-21(8-5-16)9-12-25-2)19-6-15-27(23,24)22-10-13-26-14-11-22;/h16H,3-15H2,1-2H3,(H2,18,19,20);1H. The zero-order chi connectivity index (χ0) is 19.5. The Morgan fingerprint density at radius 2 is 1.89 bits per heavy atom. The third-order valence-electron chi connectivity index (χ3n) is 4.87. The molecule has 8 nitrogen and oxygen atoms in total. The van der Waals surface area contributed by atoms with Crippen molar-refractivity contribution in [3.8, 4) is 0 Å². The molecule has 2 aliphatic rings. The number of piperidine rings is 1. The Bertz CT molecular complexity index is 551. The molecule has 2 fully saturated rings. The molecule has 2 N–H and O–H groups in total. The van der Waals surface area contributed by atoms with Gasteiger partial charge in [-0.3, -0.25) is 4.99 Å². The van der Waals surface area contributed by atoms with E-state index in [2.05, 4.69) is 20.5 Å². The summed E-state index contributed by atoms with van der Waals surface area (Å²) >= 11 is 1.81. The molecule has 0 amide bonds. The number of sulfonamides is 1. The van der Waals surface area contributed by atoms with Crippen LogP contribution in [0.4, 0.5) is 0 Å². The zero-order valence-electron chi connectivity index (χ0n) is 17.1. The summed E-state index contributed by atoms with van der Waals surface area (Å²) < 4.78 is 31.6. The summed E-state index contributed by atoms with van der Waals surface area (Å²) in [7, 11) is -1.47. The molecular formula is C17H36IN5O3S2. The first-order valence-electron chi connectivity index (χ1n) is 9.87. The van der Waals surface area contributed by atoms with Crippen LogP contribution in [0.15, 0.2) is 4.99 Å². The fraction of sp³-hybridized carbons (Fsp3) is 0.941. The molecule has 28 heavy (non-hydrogen) atoms. The number of ether oxygens (including phenoxy) is 1. The number of guanidine groups is 1. The lowest BCUT2D eigenvalue weighted by atomic mass is 10.1. The number of nitrogens with zero attached hydrogens (tertiary/aromatic N) is 3. The highest BCUT2D eigenvalue weighted by atomic mass is 127. The fourth-order valence-corrected chi connectivity index (χ4v) is 5.71. The minimum atomic E-state index is -3.20. The third-order valence-corrected chi connectivity index (χ3v) is 7.66. The molecule has 2 rings (SSSR count). The first-order valence-corrected chi connectivity index (χ1v) is 12.6. The average Bonchev–Trinajstić information content (AvgIpc) is 2.68. The van der Waals surface area contributed by atoms with E-state index in [0.29, 0.717) is 19.1 Å². The van der Waals surface area contributed by atoms with Crippen molar-refractivity contribution in [2.75, 3.05) is 76.8 Å². The smallest absolute Gasteiger partial charge is 0.215 e. The summed E-state index contributed by atoms with van der Waals surface area (Å²) in [4.78, 5) is 6.92. The summed E-state index contributed by atoms with van der Waals surface area (Å²) in [6, 6.07) is 0.373. The van der Waals surface area contributed by atoms with E-state index in [9.17, 15) is 8.42 Å². The second-order valence-electron chi connectivity index (χ2n) is 6.84. The van der Waals surface area contributed by atoms with E-state index in [1.54, 1.807) is 11.4 Å². The highest BCUT2D eigenvalue weighted by Gasteiger charge is 2.24. The monoisotopic (exact) mass is 549 g/mol. The van der Waals surface area contributed by atoms with Crippen LogP contribution in [-0.2, 0) is 14.8 Å². The summed E-state index contributed by atoms with van der Waals surface area (Å²) in [5.74, 6) is 2.56. The van der Waals surface area contributed by atoms with E-state index < -0.39 is 10.0 Å². The molecule has 11 heteroatoms. The number of methoxy groups -OCH3 is 1. The molecular weight excluding hydrogens is 513 g/mol. The normalized spacial score (nSPS) is 20.6. The van der Waals surface area contributed by atoms with Crippen LogP contribution in [0.2, 0.25) is 0 Å². The summed E-state index contributed by atoms with van der Waals surface area (Å²) in [6.07, 6.45) is 2.11. The largest absolute Gasteiger partial charge is 0.383 e. The van der Waals surface area contributed by atoms with Gasteiger partial charge in [0, 0.05) is 63.9 Å². The minimum Gasteiger partial charge on any atom is -0.383 e. The van der Waals surface area contributed by atoms with Crippen molar-refractivity contribution in [1.29, 1.82) is 0 Å². The quantitative estimate of drug-likeness (QED) is 0.248. The van der Waals surface area contributed by atoms with Gasteiger partial charge in [0.15, 0.2) is 5.96 Å². The molecule has 0 aromatic rings.